The zero-order valence-electron chi connectivity index (χ0n) is 16.6. The van der Waals surface area contributed by atoms with Gasteiger partial charge in [0.1, 0.15) is 17.6 Å². The van der Waals surface area contributed by atoms with Crippen LogP contribution in [-0.4, -0.2) is 39.2 Å². The molecule has 0 amide bonds. The number of aliphatic hydroxyl groups is 1. The van der Waals surface area contributed by atoms with Crippen molar-refractivity contribution in [1.82, 2.24) is 14.1 Å². The molecule has 152 valence electrons. The zero-order chi connectivity index (χ0) is 19.8. The maximum absolute atomic E-state index is 11.3. The van der Waals surface area contributed by atoms with Crippen molar-refractivity contribution in [2.24, 2.45) is 13.0 Å². The molecule has 1 N–H and O–H groups in total. The predicted molar refractivity (Wildman–Crippen MR) is 117 cm³/mol. The fourth-order valence-corrected chi connectivity index (χ4v) is 3.75. The Morgan fingerprint density at radius 3 is 2.69 bits per heavy atom. The molecule has 0 aliphatic heterocycles. The van der Waals surface area contributed by atoms with Gasteiger partial charge in [0, 0.05) is 36.7 Å². The number of carbonyl (C=O) groups excluding carboxylic acids is 1. The standard InChI is InChI=1S/C22H23N3O3.ClH/c1-14(12-26)11-25-18-7-5-4-6-16(18)10-19(25)22-23-17-8-15(13-27)9-20(28-3)21(17)24(22)2;/h4-10,13-14,26H,11-12H2,1-3H3;1H/t14-;/m0./s1. The number of fused-ring (bicyclic) bond motifs is 2. The number of aryl methyl sites for hydroxylation is 1. The normalized spacial score (nSPS) is 12.1. The molecule has 0 radical (unpaired) electrons. The monoisotopic (exact) mass is 413 g/mol. The Labute approximate surface area is 175 Å². The number of nitrogens with zero attached hydrogens (tertiary/aromatic N) is 3. The van der Waals surface area contributed by atoms with Crippen LogP contribution in [0.15, 0.2) is 42.5 Å². The summed E-state index contributed by atoms with van der Waals surface area (Å²) in [6.07, 6.45) is 0.802. The van der Waals surface area contributed by atoms with Gasteiger partial charge in [-0.3, -0.25) is 4.79 Å². The van der Waals surface area contributed by atoms with E-state index in [2.05, 4.69) is 22.8 Å². The molecule has 0 saturated carbocycles. The fourth-order valence-electron chi connectivity index (χ4n) is 3.75. The number of aldehydes is 1. The van der Waals surface area contributed by atoms with Crippen molar-refractivity contribution >= 4 is 40.6 Å². The molecule has 0 spiro atoms. The number of carbonyl (C=O) groups is 1. The van der Waals surface area contributed by atoms with E-state index in [9.17, 15) is 9.90 Å². The van der Waals surface area contributed by atoms with Crippen LogP contribution in [0.3, 0.4) is 0 Å². The number of imidazole rings is 1. The van der Waals surface area contributed by atoms with Gasteiger partial charge >= 0.3 is 0 Å². The number of benzene rings is 2. The minimum absolute atomic E-state index is 0. The second-order valence-corrected chi connectivity index (χ2v) is 7.19. The Hall–Kier alpha value is -2.83. The van der Waals surface area contributed by atoms with Crippen molar-refractivity contribution in [1.29, 1.82) is 0 Å². The van der Waals surface area contributed by atoms with Crippen LogP contribution in [0.4, 0.5) is 0 Å². The number of ether oxygens (including phenoxy) is 1. The summed E-state index contributed by atoms with van der Waals surface area (Å²) in [5.74, 6) is 1.52. The molecule has 6 nitrogen and oxygen atoms in total. The minimum atomic E-state index is 0. The molecule has 1 atom stereocenters. The first-order valence-electron chi connectivity index (χ1n) is 9.26. The van der Waals surface area contributed by atoms with Gasteiger partial charge in [-0.2, -0.15) is 0 Å². The molecule has 0 saturated heterocycles. The van der Waals surface area contributed by atoms with Gasteiger partial charge in [0.05, 0.1) is 18.3 Å². The van der Waals surface area contributed by atoms with Crippen molar-refractivity contribution in [3.8, 4) is 17.3 Å². The number of halogens is 1. The molecule has 29 heavy (non-hydrogen) atoms. The van der Waals surface area contributed by atoms with Crippen LogP contribution in [-0.2, 0) is 13.6 Å². The van der Waals surface area contributed by atoms with E-state index in [1.54, 1.807) is 19.2 Å². The highest BCUT2D eigenvalue weighted by atomic mass is 35.5. The lowest BCUT2D eigenvalue weighted by atomic mass is 10.2. The third-order valence-electron chi connectivity index (χ3n) is 5.16. The van der Waals surface area contributed by atoms with Crippen LogP contribution in [0.2, 0.25) is 0 Å². The Kier molecular flexibility index (Phi) is 5.96. The van der Waals surface area contributed by atoms with Crippen LogP contribution in [0.25, 0.3) is 33.5 Å². The van der Waals surface area contributed by atoms with Gasteiger partial charge in [-0.05, 0) is 30.2 Å². The molecule has 2 heterocycles. The predicted octanol–water partition coefficient (Wildman–Crippen LogP) is 4.07. The van der Waals surface area contributed by atoms with Gasteiger partial charge in [0.15, 0.2) is 5.82 Å². The third-order valence-corrected chi connectivity index (χ3v) is 5.16. The summed E-state index contributed by atoms with van der Waals surface area (Å²) in [5, 5.41) is 10.7. The molecule has 0 aliphatic carbocycles. The van der Waals surface area contributed by atoms with Crippen LogP contribution in [0.5, 0.6) is 5.75 Å². The average Bonchev–Trinajstić information content (AvgIpc) is 3.24. The Morgan fingerprint density at radius 2 is 2.00 bits per heavy atom. The SMILES string of the molecule is COc1cc(C=O)cc2nc(-c3cc4ccccc4n3C[C@H](C)CO)n(C)c12.Cl. The maximum Gasteiger partial charge on any atom is 0.157 e. The van der Waals surface area contributed by atoms with Gasteiger partial charge in [0.25, 0.3) is 0 Å². The molecular formula is C22H24ClN3O3. The minimum Gasteiger partial charge on any atom is -0.494 e. The number of aromatic nitrogens is 3. The Morgan fingerprint density at radius 1 is 1.24 bits per heavy atom. The second kappa shape index (κ2) is 8.27. The first kappa shape index (κ1) is 20.9. The molecule has 0 unspecified atom stereocenters. The average molecular weight is 414 g/mol. The summed E-state index contributed by atoms with van der Waals surface area (Å²) in [5.41, 5.74) is 4.16. The van der Waals surface area contributed by atoms with Gasteiger partial charge in [-0.15, -0.1) is 12.4 Å². The number of rotatable bonds is 6. The summed E-state index contributed by atoms with van der Waals surface area (Å²) >= 11 is 0. The molecule has 0 aliphatic rings. The molecular weight excluding hydrogens is 390 g/mol. The Balaban J connectivity index is 0.00000240. The number of para-hydroxylation sites is 1. The van der Waals surface area contributed by atoms with Crippen LogP contribution in [0.1, 0.15) is 17.3 Å². The van der Waals surface area contributed by atoms with E-state index in [0.29, 0.717) is 23.4 Å². The van der Waals surface area contributed by atoms with Crippen LogP contribution >= 0.6 is 12.4 Å². The van der Waals surface area contributed by atoms with Crippen molar-refractivity contribution < 1.29 is 14.6 Å². The molecule has 2 aromatic carbocycles. The topological polar surface area (TPSA) is 69.3 Å². The number of aliphatic hydroxyl groups excluding tert-OH is 1. The van der Waals surface area contributed by atoms with Gasteiger partial charge in [-0.25, -0.2) is 4.98 Å². The second-order valence-electron chi connectivity index (χ2n) is 7.19. The van der Waals surface area contributed by atoms with E-state index in [-0.39, 0.29) is 24.9 Å². The molecule has 7 heteroatoms. The van der Waals surface area contributed by atoms with E-state index < -0.39 is 0 Å². The van der Waals surface area contributed by atoms with Gasteiger partial charge in [-0.1, -0.05) is 25.1 Å². The van der Waals surface area contributed by atoms with Crippen LogP contribution < -0.4 is 4.74 Å². The van der Waals surface area contributed by atoms with Crippen molar-refractivity contribution in [3.63, 3.8) is 0 Å². The zero-order valence-corrected chi connectivity index (χ0v) is 17.4. The first-order chi connectivity index (χ1) is 13.6. The summed E-state index contributed by atoms with van der Waals surface area (Å²) in [6, 6.07) is 13.8. The van der Waals surface area contributed by atoms with Crippen molar-refractivity contribution in [3.05, 3.63) is 48.0 Å². The maximum atomic E-state index is 11.3. The third kappa shape index (κ3) is 3.50. The lowest BCUT2D eigenvalue weighted by molar-refractivity contribution is 0.112. The van der Waals surface area contributed by atoms with E-state index in [1.165, 1.54) is 0 Å². The lowest BCUT2D eigenvalue weighted by Crippen LogP contribution is -2.12. The number of methoxy groups -OCH3 is 1. The fraction of sp³-hybridized carbons (Fsp3) is 0.273. The first-order valence-corrected chi connectivity index (χ1v) is 9.26. The molecule has 4 aromatic rings. The van der Waals surface area contributed by atoms with E-state index in [4.69, 9.17) is 9.72 Å². The highest BCUT2D eigenvalue weighted by Crippen LogP contribution is 2.34. The van der Waals surface area contributed by atoms with Gasteiger partial charge in [0.2, 0.25) is 0 Å². The quantitative estimate of drug-likeness (QED) is 0.484. The lowest BCUT2D eigenvalue weighted by Gasteiger charge is -2.15. The van der Waals surface area contributed by atoms with Crippen LogP contribution in [0, 0.1) is 5.92 Å². The largest absolute Gasteiger partial charge is 0.494 e. The molecule has 2 aromatic heterocycles. The van der Waals surface area contributed by atoms with Gasteiger partial charge < -0.3 is 19.0 Å². The highest BCUT2D eigenvalue weighted by molar-refractivity contribution is 5.93. The van der Waals surface area contributed by atoms with Crippen molar-refractivity contribution in [2.45, 2.75) is 13.5 Å². The number of hydrogen-bond acceptors (Lipinski definition) is 4. The Bertz CT molecular complexity index is 1180. The molecule has 4 rings (SSSR count). The van der Waals surface area contributed by atoms with Crippen molar-refractivity contribution in [2.75, 3.05) is 13.7 Å². The molecule has 0 bridgehead atoms. The smallest absolute Gasteiger partial charge is 0.157 e. The summed E-state index contributed by atoms with van der Waals surface area (Å²) in [4.78, 5) is 16.1. The summed E-state index contributed by atoms with van der Waals surface area (Å²) < 4.78 is 9.71. The number of hydrogen-bond donors (Lipinski definition) is 1. The summed E-state index contributed by atoms with van der Waals surface area (Å²) in [6.45, 7) is 2.82. The molecule has 0 fully saturated rings. The summed E-state index contributed by atoms with van der Waals surface area (Å²) in [7, 11) is 3.54. The van der Waals surface area contributed by atoms with E-state index in [0.717, 1.165) is 34.2 Å². The highest BCUT2D eigenvalue weighted by Gasteiger charge is 2.20. The van der Waals surface area contributed by atoms with E-state index >= 15 is 0 Å². The van der Waals surface area contributed by atoms with E-state index in [1.807, 2.05) is 30.7 Å².